The van der Waals surface area contributed by atoms with Crippen molar-refractivity contribution < 1.29 is 9.59 Å². The van der Waals surface area contributed by atoms with Gasteiger partial charge >= 0.3 is 0 Å². The van der Waals surface area contributed by atoms with Crippen LogP contribution in [-0.4, -0.2) is 11.6 Å². The normalized spacial score (nSPS) is 12.7. The van der Waals surface area contributed by atoms with Crippen LogP contribution in [-0.2, 0) is 11.2 Å². The maximum absolute atomic E-state index is 12.9. The maximum atomic E-state index is 12.9. The Morgan fingerprint density at radius 3 is 1.91 bits per heavy atom. The number of carbonyl (C=O) groups is 2. The fourth-order valence-electron chi connectivity index (χ4n) is 2.52. The number of Topliss-reactive ketones (excluding diaryl/α,β-unsaturated/α-hetero) is 2. The minimum atomic E-state index is -0.425. The summed E-state index contributed by atoms with van der Waals surface area (Å²) in [7, 11) is 0. The molecule has 0 aliphatic rings. The second-order valence-electron chi connectivity index (χ2n) is 6.99. The van der Waals surface area contributed by atoms with E-state index in [-0.39, 0.29) is 23.9 Å². The highest BCUT2D eigenvalue weighted by Crippen LogP contribution is 2.24. The molecule has 0 radical (unpaired) electrons. The van der Waals surface area contributed by atoms with E-state index in [1.165, 1.54) is 0 Å². The summed E-state index contributed by atoms with van der Waals surface area (Å²) in [5, 5.41) is 0. The van der Waals surface area contributed by atoms with Crippen molar-refractivity contribution in [2.45, 2.75) is 33.6 Å². The minimum absolute atomic E-state index is 0.0482. The monoisotopic (exact) mass is 308 g/mol. The predicted molar refractivity (Wildman–Crippen MR) is 93.5 cm³/mol. The van der Waals surface area contributed by atoms with Gasteiger partial charge in [0.1, 0.15) is 5.78 Å². The van der Waals surface area contributed by atoms with Crippen molar-refractivity contribution in [3.8, 4) is 0 Å². The third-order valence-electron chi connectivity index (χ3n) is 4.02. The third kappa shape index (κ3) is 4.88. The van der Waals surface area contributed by atoms with Crippen molar-refractivity contribution in [2.75, 3.05) is 0 Å². The second-order valence-corrected chi connectivity index (χ2v) is 6.99. The third-order valence-corrected chi connectivity index (χ3v) is 4.02. The van der Waals surface area contributed by atoms with E-state index in [2.05, 4.69) is 0 Å². The smallest absolute Gasteiger partial charge is 0.166 e. The zero-order valence-electron chi connectivity index (χ0n) is 14.1. The van der Waals surface area contributed by atoms with Gasteiger partial charge < -0.3 is 0 Å². The molecule has 0 aromatic heterocycles. The number of rotatable bonds is 6. The summed E-state index contributed by atoms with van der Waals surface area (Å²) in [6, 6.07) is 19.2. The first-order valence-electron chi connectivity index (χ1n) is 8.04. The molecule has 2 aromatic rings. The standard InChI is InChI=1S/C21H24O2/c1-21(2,3)19(22)15-18(14-16-10-6-4-7-11-16)20(23)17-12-8-5-9-13-17/h4-13,18H,14-15H2,1-3H3. The molecule has 0 fully saturated rings. The SMILES string of the molecule is CC(C)(C)C(=O)CC(Cc1ccccc1)C(=O)c1ccccc1. The Morgan fingerprint density at radius 2 is 1.39 bits per heavy atom. The van der Waals surface area contributed by atoms with Crippen LogP contribution in [0, 0.1) is 11.3 Å². The van der Waals surface area contributed by atoms with Crippen molar-refractivity contribution in [3.05, 3.63) is 71.8 Å². The van der Waals surface area contributed by atoms with Crippen LogP contribution in [0.25, 0.3) is 0 Å². The molecule has 120 valence electrons. The number of ketones is 2. The zero-order valence-corrected chi connectivity index (χ0v) is 14.1. The Kier molecular flexibility index (Phi) is 5.49. The predicted octanol–water partition coefficient (Wildman–Crippen LogP) is 4.73. The molecule has 0 amide bonds. The Balaban J connectivity index is 2.24. The van der Waals surface area contributed by atoms with E-state index in [0.29, 0.717) is 12.0 Å². The van der Waals surface area contributed by atoms with Gasteiger partial charge in [0.2, 0.25) is 0 Å². The van der Waals surface area contributed by atoms with E-state index in [1.807, 2.05) is 81.4 Å². The summed E-state index contributed by atoms with van der Waals surface area (Å²) in [4.78, 5) is 25.3. The van der Waals surface area contributed by atoms with Gasteiger partial charge in [0.25, 0.3) is 0 Å². The zero-order chi connectivity index (χ0) is 16.9. The molecule has 0 bridgehead atoms. The van der Waals surface area contributed by atoms with Gasteiger partial charge in [-0.3, -0.25) is 9.59 Å². The Bertz CT molecular complexity index is 651. The van der Waals surface area contributed by atoms with E-state index in [9.17, 15) is 9.59 Å². The van der Waals surface area contributed by atoms with Gasteiger partial charge in [0.05, 0.1) is 0 Å². The molecule has 0 saturated carbocycles. The van der Waals surface area contributed by atoms with Gasteiger partial charge in [0, 0.05) is 23.3 Å². The minimum Gasteiger partial charge on any atom is -0.299 e. The van der Waals surface area contributed by atoms with Crippen LogP contribution in [0.3, 0.4) is 0 Å². The molecule has 0 aliphatic carbocycles. The molecule has 23 heavy (non-hydrogen) atoms. The van der Waals surface area contributed by atoms with Crippen molar-refractivity contribution in [2.24, 2.45) is 11.3 Å². The van der Waals surface area contributed by atoms with E-state index in [4.69, 9.17) is 0 Å². The van der Waals surface area contributed by atoms with Crippen LogP contribution in [0.2, 0.25) is 0 Å². The lowest BCUT2D eigenvalue weighted by atomic mass is 9.80. The molecule has 2 heteroatoms. The summed E-state index contributed by atoms with van der Waals surface area (Å²) < 4.78 is 0. The van der Waals surface area contributed by atoms with Gasteiger partial charge in [-0.05, 0) is 12.0 Å². The molecule has 0 saturated heterocycles. The first-order chi connectivity index (χ1) is 10.9. The summed E-state index contributed by atoms with van der Waals surface area (Å²) >= 11 is 0. The van der Waals surface area contributed by atoms with Crippen LogP contribution < -0.4 is 0 Å². The van der Waals surface area contributed by atoms with Crippen LogP contribution in [0.1, 0.15) is 43.1 Å². The van der Waals surface area contributed by atoms with Crippen molar-refractivity contribution >= 4 is 11.6 Å². The van der Waals surface area contributed by atoms with Crippen LogP contribution in [0.5, 0.6) is 0 Å². The molecule has 2 nitrogen and oxygen atoms in total. The highest BCUT2D eigenvalue weighted by Gasteiger charge is 2.29. The molecule has 0 heterocycles. The molecular weight excluding hydrogens is 284 g/mol. The lowest BCUT2D eigenvalue weighted by Gasteiger charge is -2.21. The van der Waals surface area contributed by atoms with E-state index < -0.39 is 5.41 Å². The van der Waals surface area contributed by atoms with Crippen LogP contribution >= 0.6 is 0 Å². The number of benzene rings is 2. The van der Waals surface area contributed by atoms with Crippen LogP contribution in [0.4, 0.5) is 0 Å². The molecule has 2 rings (SSSR count). The Hall–Kier alpha value is -2.22. The second kappa shape index (κ2) is 7.36. The van der Waals surface area contributed by atoms with Gasteiger partial charge in [-0.15, -0.1) is 0 Å². The number of hydrogen-bond acceptors (Lipinski definition) is 2. The highest BCUT2D eigenvalue weighted by atomic mass is 16.1. The van der Waals surface area contributed by atoms with Gasteiger partial charge in [-0.1, -0.05) is 81.4 Å². The topological polar surface area (TPSA) is 34.1 Å². The fraction of sp³-hybridized carbons (Fsp3) is 0.333. The quantitative estimate of drug-likeness (QED) is 0.723. The van der Waals surface area contributed by atoms with Gasteiger partial charge in [0.15, 0.2) is 5.78 Å². The van der Waals surface area contributed by atoms with Crippen LogP contribution in [0.15, 0.2) is 60.7 Å². The maximum Gasteiger partial charge on any atom is 0.166 e. The number of hydrogen-bond donors (Lipinski definition) is 0. The first kappa shape index (κ1) is 17.1. The first-order valence-corrected chi connectivity index (χ1v) is 8.04. The molecule has 1 unspecified atom stereocenters. The molecular formula is C21H24O2. The van der Waals surface area contributed by atoms with E-state index in [1.54, 1.807) is 0 Å². The van der Waals surface area contributed by atoms with Crippen molar-refractivity contribution in [3.63, 3.8) is 0 Å². The lowest BCUT2D eigenvalue weighted by molar-refractivity contribution is -0.127. The summed E-state index contributed by atoms with van der Waals surface area (Å²) in [5.74, 6) is -0.138. The number of carbonyl (C=O) groups excluding carboxylic acids is 2. The molecule has 2 aromatic carbocycles. The van der Waals surface area contributed by atoms with Crippen molar-refractivity contribution in [1.82, 2.24) is 0 Å². The van der Waals surface area contributed by atoms with Gasteiger partial charge in [-0.25, -0.2) is 0 Å². The van der Waals surface area contributed by atoms with E-state index in [0.717, 1.165) is 5.56 Å². The fourth-order valence-corrected chi connectivity index (χ4v) is 2.52. The molecule has 1 atom stereocenters. The molecule has 0 spiro atoms. The molecule has 0 N–H and O–H groups in total. The van der Waals surface area contributed by atoms with Gasteiger partial charge in [-0.2, -0.15) is 0 Å². The van der Waals surface area contributed by atoms with E-state index >= 15 is 0 Å². The average molecular weight is 308 g/mol. The highest BCUT2D eigenvalue weighted by molar-refractivity contribution is 6.00. The lowest BCUT2D eigenvalue weighted by Crippen LogP contribution is -2.27. The summed E-state index contributed by atoms with van der Waals surface area (Å²) in [6.07, 6.45) is 0.877. The molecule has 0 aliphatic heterocycles. The summed E-state index contributed by atoms with van der Waals surface area (Å²) in [5.41, 5.74) is 1.34. The summed E-state index contributed by atoms with van der Waals surface area (Å²) in [6.45, 7) is 5.71. The largest absolute Gasteiger partial charge is 0.299 e. The Labute approximate surface area is 138 Å². The Morgan fingerprint density at radius 1 is 0.870 bits per heavy atom. The average Bonchev–Trinajstić information content (AvgIpc) is 2.54. The van der Waals surface area contributed by atoms with Crippen molar-refractivity contribution in [1.29, 1.82) is 0 Å².